The van der Waals surface area contributed by atoms with Gasteiger partial charge in [0.15, 0.2) is 11.0 Å². The predicted octanol–water partition coefficient (Wildman–Crippen LogP) is 4.38. The topological polar surface area (TPSA) is 82.8 Å². The minimum Gasteiger partial charge on any atom is -0.469 e. The molecule has 0 aliphatic carbocycles. The van der Waals surface area contributed by atoms with Gasteiger partial charge in [-0.15, -0.1) is 20.4 Å². The summed E-state index contributed by atoms with van der Waals surface area (Å²) in [5.41, 5.74) is 1.64. The predicted molar refractivity (Wildman–Crippen MR) is 97.7 cm³/mol. The highest BCUT2D eigenvalue weighted by molar-refractivity contribution is 7.98. The Morgan fingerprint density at radius 1 is 1.08 bits per heavy atom. The van der Waals surface area contributed by atoms with Crippen molar-refractivity contribution in [2.24, 2.45) is 7.05 Å². The van der Waals surface area contributed by atoms with E-state index in [0.29, 0.717) is 28.1 Å². The Kier molecular flexibility index (Phi) is 4.52. The molecule has 0 radical (unpaired) electrons. The van der Waals surface area contributed by atoms with Gasteiger partial charge in [-0.05, 0) is 25.1 Å². The second-order valence-electron chi connectivity index (χ2n) is 5.53. The van der Waals surface area contributed by atoms with Crippen molar-refractivity contribution in [1.29, 1.82) is 0 Å². The number of nitrogens with zero attached hydrogens (tertiary/aromatic N) is 5. The first-order chi connectivity index (χ1) is 12.6. The van der Waals surface area contributed by atoms with Crippen molar-refractivity contribution in [1.82, 2.24) is 25.0 Å². The molecule has 7 nitrogen and oxygen atoms in total. The molecule has 0 spiro atoms. The van der Waals surface area contributed by atoms with Gasteiger partial charge >= 0.3 is 0 Å². The molecule has 0 fully saturated rings. The zero-order valence-corrected chi connectivity index (χ0v) is 15.6. The Labute approximate surface area is 158 Å². The molecule has 0 aliphatic heterocycles. The largest absolute Gasteiger partial charge is 0.469 e. The summed E-state index contributed by atoms with van der Waals surface area (Å²) >= 11 is 7.63. The molecule has 9 heteroatoms. The molecule has 0 saturated heterocycles. The summed E-state index contributed by atoms with van der Waals surface area (Å²) in [6.45, 7) is 1.89. The number of furan rings is 1. The van der Waals surface area contributed by atoms with E-state index < -0.39 is 0 Å². The van der Waals surface area contributed by atoms with Gasteiger partial charge in [-0.2, -0.15) is 0 Å². The fourth-order valence-electron chi connectivity index (χ4n) is 2.47. The van der Waals surface area contributed by atoms with Crippen LogP contribution in [0.25, 0.3) is 22.8 Å². The lowest BCUT2D eigenvalue weighted by atomic mass is 10.2. The fraction of sp³-hybridized carbons (Fsp3) is 0.176. The van der Waals surface area contributed by atoms with Gasteiger partial charge in [0.05, 0.1) is 28.2 Å². The molecule has 0 bridgehead atoms. The van der Waals surface area contributed by atoms with Crippen molar-refractivity contribution >= 4 is 23.4 Å². The van der Waals surface area contributed by atoms with E-state index in [4.69, 9.17) is 20.4 Å². The van der Waals surface area contributed by atoms with Crippen LogP contribution in [0.3, 0.4) is 0 Å². The molecule has 0 N–H and O–H groups in total. The Balaban J connectivity index is 1.50. The van der Waals surface area contributed by atoms with Crippen molar-refractivity contribution in [3.05, 3.63) is 53.3 Å². The molecule has 1 aromatic carbocycles. The molecular formula is C17H14ClN5O2S. The monoisotopic (exact) mass is 387 g/mol. The lowest BCUT2D eigenvalue weighted by molar-refractivity contribution is 0.528. The van der Waals surface area contributed by atoms with Gasteiger partial charge in [-0.3, -0.25) is 0 Å². The van der Waals surface area contributed by atoms with Crippen molar-refractivity contribution in [2.75, 3.05) is 0 Å². The molecule has 3 aromatic heterocycles. The number of hydrogen-bond donors (Lipinski definition) is 0. The van der Waals surface area contributed by atoms with E-state index in [0.717, 1.165) is 22.3 Å². The molecule has 0 saturated carbocycles. The molecule has 0 amide bonds. The van der Waals surface area contributed by atoms with Crippen LogP contribution >= 0.6 is 23.4 Å². The maximum absolute atomic E-state index is 6.16. The molecule has 0 unspecified atom stereocenters. The Bertz CT molecular complexity index is 1060. The second kappa shape index (κ2) is 6.97. The van der Waals surface area contributed by atoms with Gasteiger partial charge < -0.3 is 13.4 Å². The first-order valence-corrected chi connectivity index (χ1v) is 9.14. The van der Waals surface area contributed by atoms with Crippen LogP contribution in [0.5, 0.6) is 0 Å². The Morgan fingerprint density at radius 2 is 1.92 bits per heavy atom. The summed E-state index contributed by atoms with van der Waals surface area (Å²) < 4.78 is 13.0. The highest BCUT2D eigenvalue weighted by atomic mass is 35.5. The average Bonchev–Trinajstić information content (AvgIpc) is 3.34. The molecule has 3 heterocycles. The van der Waals surface area contributed by atoms with Crippen LogP contribution in [0.15, 0.2) is 50.6 Å². The smallest absolute Gasteiger partial charge is 0.249 e. The average molecular weight is 388 g/mol. The van der Waals surface area contributed by atoms with E-state index in [1.165, 1.54) is 11.8 Å². The zero-order valence-electron chi connectivity index (χ0n) is 14.0. The minimum absolute atomic E-state index is 0.402. The lowest BCUT2D eigenvalue weighted by Crippen LogP contribution is -1.95. The number of aryl methyl sites for hydroxylation is 1. The van der Waals surface area contributed by atoms with Gasteiger partial charge in [-0.1, -0.05) is 35.5 Å². The summed E-state index contributed by atoms with van der Waals surface area (Å²) in [6, 6.07) is 9.23. The highest BCUT2D eigenvalue weighted by Gasteiger charge is 2.16. The van der Waals surface area contributed by atoms with E-state index in [1.54, 1.807) is 12.3 Å². The molecule has 0 aliphatic rings. The zero-order chi connectivity index (χ0) is 18.1. The third kappa shape index (κ3) is 3.13. The Morgan fingerprint density at radius 3 is 2.69 bits per heavy atom. The van der Waals surface area contributed by atoms with Gasteiger partial charge in [0.2, 0.25) is 11.8 Å². The Hall–Kier alpha value is -2.58. The number of thioether (sulfide) groups is 1. The van der Waals surface area contributed by atoms with E-state index in [1.807, 2.05) is 42.8 Å². The molecule has 26 heavy (non-hydrogen) atoms. The maximum atomic E-state index is 6.16. The van der Waals surface area contributed by atoms with Crippen molar-refractivity contribution in [2.45, 2.75) is 17.8 Å². The summed E-state index contributed by atoms with van der Waals surface area (Å²) in [5.74, 6) is 2.93. The number of hydrogen-bond acceptors (Lipinski definition) is 7. The van der Waals surface area contributed by atoms with Gasteiger partial charge in [-0.25, -0.2) is 0 Å². The van der Waals surface area contributed by atoms with E-state index in [9.17, 15) is 0 Å². The summed E-state index contributed by atoms with van der Waals surface area (Å²) in [7, 11) is 1.91. The van der Waals surface area contributed by atoms with Crippen molar-refractivity contribution < 1.29 is 8.83 Å². The maximum Gasteiger partial charge on any atom is 0.249 e. The number of halogens is 1. The number of rotatable bonds is 5. The lowest BCUT2D eigenvalue weighted by Gasteiger charge is -2.01. The quantitative estimate of drug-likeness (QED) is 0.470. The summed E-state index contributed by atoms with van der Waals surface area (Å²) in [6.07, 6.45) is 1.64. The molecule has 4 aromatic rings. The standard InChI is InChI=1S/C17H14ClN5O2S/c1-10-11(7-8-24-10)15-20-22-17(23(15)2)26-9-14-19-21-16(25-14)12-5-3-4-6-13(12)18/h3-8H,9H2,1-2H3. The SMILES string of the molecule is Cc1occc1-c1nnc(SCc2nnc(-c3ccccc3Cl)o2)n1C. The van der Waals surface area contributed by atoms with E-state index >= 15 is 0 Å². The first-order valence-electron chi connectivity index (χ1n) is 7.77. The van der Waals surface area contributed by atoms with Crippen LogP contribution in [0.4, 0.5) is 0 Å². The van der Waals surface area contributed by atoms with Gasteiger partial charge in [0.1, 0.15) is 5.76 Å². The highest BCUT2D eigenvalue weighted by Crippen LogP contribution is 2.29. The van der Waals surface area contributed by atoms with Crippen molar-refractivity contribution in [3.8, 4) is 22.8 Å². The van der Waals surface area contributed by atoms with Crippen LogP contribution in [0.2, 0.25) is 5.02 Å². The van der Waals surface area contributed by atoms with E-state index in [2.05, 4.69) is 20.4 Å². The molecule has 132 valence electrons. The first kappa shape index (κ1) is 16.9. The van der Waals surface area contributed by atoms with Crippen LogP contribution in [-0.2, 0) is 12.8 Å². The van der Waals surface area contributed by atoms with Gasteiger partial charge in [0.25, 0.3) is 0 Å². The molecule has 4 rings (SSSR count). The van der Waals surface area contributed by atoms with E-state index in [-0.39, 0.29) is 0 Å². The minimum atomic E-state index is 0.402. The summed E-state index contributed by atoms with van der Waals surface area (Å²) in [4.78, 5) is 0. The third-order valence-corrected chi connectivity index (χ3v) is 5.17. The van der Waals surface area contributed by atoms with Crippen LogP contribution in [0, 0.1) is 6.92 Å². The van der Waals surface area contributed by atoms with Gasteiger partial charge in [0, 0.05) is 7.05 Å². The number of aromatic nitrogens is 5. The molecular weight excluding hydrogens is 374 g/mol. The fourth-order valence-corrected chi connectivity index (χ4v) is 3.44. The molecule has 0 atom stereocenters. The van der Waals surface area contributed by atoms with Crippen LogP contribution < -0.4 is 0 Å². The van der Waals surface area contributed by atoms with Crippen LogP contribution in [0.1, 0.15) is 11.7 Å². The normalized spacial score (nSPS) is 11.2. The second-order valence-corrected chi connectivity index (χ2v) is 6.87. The third-order valence-electron chi connectivity index (χ3n) is 3.83. The van der Waals surface area contributed by atoms with Crippen LogP contribution in [-0.4, -0.2) is 25.0 Å². The van der Waals surface area contributed by atoms with Crippen molar-refractivity contribution in [3.63, 3.8) is 0 Å². The number of benzene rings is 1. The summed E-state index contributed by atoms with van der Waals surface area (Å²) in [5, 5.41) is 17.9.